The second-order valence-corrected chi connectivity index (χ2v) is 10.7. The number of nitrogens with one attached hydrogen (secondary N) is 1. The van der Waals surface area contributed by atoms with Crippen molar-refractivity contribution in [3.8, 4) is 33.9 Å². The van der Waals surface area contributed by atoms with E-state index in [-0.39, 0.29) is 17.9 Å². The van der Waals surface area contributed by atoms with E-state index in [1.54, 1.807) is 19.1 Å². The second kappa shape index (κ2) is 13.7. The van der Waals surface area contributed by atoms with Crippen molar-refractivity contribution in [3.05, 3.63) is 118 Å². The lowest BCUT2D eigenvalue weighted by Crippen LogP contribution is -2.15. The Labute approximate surface area is 264 Å². The second-order valence-electron chi connectivity index (χ2n) is 9.81. The molecule has 8 nitrogen and oxygen atoms in total. The number of hydrogen-bond donors (Lipinski definition) is 2. The first kappa shape index (κ1) is 30.7. The molecule has 0 aliphatic heterocycles. The van der Waals surface area contributed by atoms with Crippen molar-refractivity contribution in [2.24, 2.45) is 0 Å². The van der Waals surface area contributed by atoms with Crippen LogP contribution in [0.2, 0.25) is 10.0 Å². The molecule has 1 aromatic heterocycles. The molecular weight excluding hydrogens is 601 g/mol. The number of aromatic carboxylic acids is 1. The highest BCUT2D eigenvalue weighted by molar-refractivity contribution is 6.36. The zero-order valence-corrected chi connectivity index (χ0v) is 25.5. The van der Waals surface area contributed by atoms with Gasteiger partial charge in [0.05, 0.1) is 28.6 Å². The molecule has 0 unspecified atom stereocenters. The summed E-state index contributed by atoms with van der Waals surface area (Å²) in [5.74, 6) is 0.598. The minimum Gasteiger partial charge on any atom is -0.478 e. The van der Waals surface area contributed by atoms with E-state index in [4.69, 9.17) is 37.7 Å². The summed E-state index contributed by atoms with van der Waals surface area (Å²) in [5, 5.41) is 13.2. The van der Waals surface area contributed by atoms with Crippen molar-refractivity contribution < 1.29 is 24.2 Å². The Morgan fingerprint density at radius 2 is 1.57 bits per heavy atom. The van der Waals surface area contributed by atoms with E-state index in [9.17, 15) is 14.7 Å². The highest BCUT2D eigenvalue weighted by atomic mass is 35.5. The van der Waals surface area contributed by atoms with Crippen LogP contribution in [0.3, 0.4) is 0 Å². The Morgan fingerprint density at radius 3 is 2.20 bits per heavy atom. The standard InChI is InChI=1S/C34H29Cl2N3O5/c1-3-39-20-31(27-15-11-24(35)18-29(27)36)37-32(39)17-21-5-7-22(8-6-21)23-9-12-25(13-10-23)44-26-14-16-30(28(19-26)33(40)41)38-34(42)43-4-2/h5-16,18-20H,3-4,17H2,1-2H3,(H,38,42)(H,40,41). The van der Waals surface area contributed by atoms with Gasteiger partial charge >= 0.3 is 12.1 Å². The van der Waals surface area contributed by atoms with E-state index in [2.05, 4.69) is 41.1 Å². The molecule has 0 saturated carbocycles. The number of hydrogen-bond acceptors (Lipinski definition) is 5. The van der Waals surface area contributed by atoms with E-state index in [1.165, 1.54) is 12.1 Å². The molecule has 0 atom stereocenters. The number of aryl methyl sites for hydroxylation is 1. The number of halogens is 2. The van der Waals surface area contributed by atoms with E-state index in [1.807, 2.05) is 42.6 Å². The third kappa shape index (κ3) is 7.22. The molecule has 1 amide bonds. The number of rotatable bonds is 10. The third-order valence-corrected chi connectivity index (χ3v) is 7.43. The van der Waals surface area contributed by atoms with E-state index in [0.717, 1.165) is 40.3 Å². The Hall–Kier alpha value is -4.79. The number of carboxylic acids is 1. The molecular formula is C34H29Cl2N3O5. The zero-order chi connectivity index (χ0) is 31.2. The molecule has 2 N–H and O–H groups in total. The predicted molar refractivity (Wildman–Crippen MR) is 172 cm³/mol. The summed E-state index contributed by atoms with van der Waals surface area (Å²) >= 11 is 12.5. The van der Waals surface area contributed by atoms with Gasteiger partial charge in [-0.25, -0.2) is 14.6 Å². The number of benzene rings is 4. The van der Waals surface area contributed by atoms with Gasteiger partial charge in [-0.1, -0.05) is 59.6 Å². The van der Waals surface area contributed by atoms with Crippen LogP contribution in [0.15, 0.2) is 91.1 Å². The molecule has 0 spiro atoms. The Balaban J connectivity index is 1.26. The van der Waals surface area contributed by atoms with E-state index in [0.29, 0.717) is 28.0 Å². The zero-order valence-electron chi connectivity index (χ0n) is 24.0. The number of carbonyl (C=O) groups excluding carboxylic acids is 1. The predicted octanol–water partition coefficient (Wildman–Crippen LogP) is 9.19. The Kier molecular flexibility index (Phi) is 9.53. The number of ether oxygens (including phenoxy) is 2. The van der Waals surface area contributed by atoms with Crippen LogP contribution in [0.4, 0.5) is 10.5 Å². The number of amides is 1. The van der Waals surface area contributed by atoms with Crippen molar-refractivity contribution in [2.45, 2.75) is 26.8 Å². The molecule has 5 aromatic rings. The van der Waals surface area contributed by atoms with E-state index < -0.39 is 12.1 Å². The Bertz CT molecular complexity index is 1800. The average Bonchev–Trinajstić information content (AvgIpc) is 3.41. The first-order valence-corrected chi connectivity index (χ1v) is 14.7. The molecule has 5 rings (SSSR count). The van der Waals surface area contributed by atoms with Crippen LogP contribution in [0, 0.1) is 0 Å². The summed E-state index contributed by atoms with van der Waals surface area (Å²) in [6.07, 6.45) is 1.95. The normalized spacial score (nSPS) is 10.8. The fourth-order valence-electron chi connectivity index (χ4n) is 4.70. The molecule has 4 aromatic carbocycles. The van der Waals surface area contributed by atoms with Gasteiger partial charge in [0.1, 0.15) is 17.3 Å². The number of carboxylic acid groups (broad SMARTS) is 1. The summed E-state index contributed by atoms with van der Waals surface area (Å²) in [7, 11) is 0. The summed E-state index contributed by atoms with van der Waals surface area (Å²) in [6, 6.07) is 25.6. The molecule has 0 bridgehead atoms. The van der Waals surface area contributed by atoms with Gasteiger partial charge in [0.15, 0.2) is 0 Å². The fourth-order valence-corrected chi connectivity index (χ4v) is 5.20. The smallest absolute Gasteiger partial charge is 0.411 e. The van der Waals surface area contributed by atoms with Crippen LogP contribution in [0.1, 0.15) is 35.6 Å². The lowest BCUT2D eigenvalue weighted by molar-refractivity contribution is 0.0697. The fraction of sp³-hybridized carbons (Fsp3) is 0.147. The number of aromatic nitrogens is 2. The van der Waals surface area contributed by atoms with Crippen LogP contribution in [0.25, 0.3) is 22.4 Å². The lowest BCUT2D eigenvalue weighted by atomic mass is 10.0. The summed E-state index contributed by atoms with van der Waals surface area (Å²) in [5.41, 5.74) is 4.82. The molecule has 1 heterocycles. The van der Waals surface area contributed by atoms with Gasteiger partial charge in [-0.15, -0.1) is 0 Å². The first-order valence-electron chi connectivity index (χ1n) is 13.9. The van der Waals surface area contributed by atoms with Crippen LogP contribution >= 0.6 is 23.2 Å². The largest absolute Gasteiger partial charge is 0.478 e. The van der Waals surface area contributed by atoms with Crippen molar-refractivity contribution >= 4 is 41.0 Å². The number of carbonyl (C=O) groups is 2. The maximum atomic E-state index is 11.7. The number of imidazole rings is 1. The molecule has 0 aliphatic rings. The number of anilines is 1. The van der Waals surface area contributed by atoms with E-state index >= 15 is 0 Å². The molecule has 0 aliphatic carbocycles. The number of nitrogens with zero attached hydrogens (tertiary/aromatic N) is 2. The summed E-state index contributed by atoms with van der Waals surface area (Å²) < 4.78 is 12.8. The molecule has 10 heteroatoms. The minimum absolute atomic E-state index is 0.112. The molecule has 0 fully saturated rings. The highest BCUT2D eigenvalue weighted by Crippen LogP contribution is 2.31. The van der Waals surface area contributed by atoms with Gasteiger partial charge in [-0.2, -0.15) is 0 Å². The highest BCUT2D eigenvalue weighted by Gasteiger charge is 2.16. The lowest BCUT2D eigenvalue weighted by Gasteiger charge is -2.12. The van der Waals surface area contributed by atoms with Gasteiger partial charge in [-0.3, -0.25) is 5.32 Å². The van der Waals surface area contributed by atoms with Gasteiger partial charge < -0.3 is 19.1 Å². The summed E-state index contributed by atoms with van der Waals surface area (Å²) in [6.45, 7) is 4.70. The van der Waals surface area contributed by atoms with Gasteiger partial charge in [-0.05, 0) is 79.1 Å². The molecule has 0 radical (unpaired) electrons. The van der Waals surface area contributed by atoms with Crippen LogP contribution < -0.4 is 10.1 Å². The van der Waals surface area contributed by atoms with Crippen LogP contribution in [0.5, 0.6) is 11.5 Å². The van der Waals surface area contributed by atoms with Gasteiger partial charge in [0, 0.05) is 29.7 Å². The molecule has 0 saturated heterocycles. The quantitative estimate of drug-likeness (QED) is 0.160. The maximum absolute atomic E-state index is 11.7. The molecule has 224 valence electrons. The SMILES string of the molecule is CCOC(=O)Nc1ccc(Oc2ccc(-c3ccc(Cc4nc(-c5ccc(Cl)cc5Cl)cn4CC)cc3)cc2)cc1C(=O)O. The topological polar surface area (TPSA) is 103 Å². The third-order valence-electron chi connectivity index (χ3n) is 6.88. The van der Waals surface area contributed by atoms with Crippen molar-refractivity contribution in [2.75, 3.05) is 11.9 Å². The van der Waals surface area contributed by atoms with Crippen molar-refractivity contribution in [3.63, 3.8) is 0 Å². The average molecular weight is 631 g/mol. The van der Waals surface area contributed by atoms with Crippen molar-refractivity contribution in [1.82, 2.24) is 9.55 Å². The Morgan fingerprint density at radius 1 is 0.886 bits per heavy atom. The van der Waals surface area contributed by atoms with Crippen LogP contribution in [-0.4, -0.2) is 33.3 Å². The summed E-state index contributed by atoms with van der Waals surface area (Å²) in [4.78, 5) is 28.4. The van der Waals surface area contributed by atoms with Crippen molar-refractivity contribution in [1.29, 1.82) is 0 Å². The van der Waals surface area contributed by atoms with Gasteiger partial charge in [0.2, 0.25) is 0 Å². The molecule has 44 heavy (non-hydrogen) atoms. The maximum Gasteiger partial charge on any atom is 0.411 e. The van der Waals surface area contributed by atoms with Gasteiger partial charge in [0.25, 0.3) is 0 Å². The van der Waals surface area contributed by atoms with Crippen LogP contribution in [-0.2, 0) is 17.7 Å². The minimum atomic E-state index is -1.20. The first-order chi connectivity index (χ1) is 21.2. The monoisotopic (exact) mass is 629 g/mol.